The number of nitrogens with two attached hydrogens (primary N) is 1. The molecule has 7 nitrogen and oxygen atoms in total. The van der Waals surface area contributed by atoms with Crippen molar-refractivity contribution in [2.24, 2.45) is 5.14 Å². The van der Waals surface area contributed by atoms with Crippen molar-refractivity contribution in [3.05, 3.63) is 82.4 Å². The monoisotopic (exact) mass is 481 g/mol. The standard InChI is InChI=1S/C24H20ClN3O4S/c1-15-3-2-4-21(25)24(15)32-22-11-16(5-6-17(22)13-26)18-12-23(29)28(14-18)19-7-9-20(10-8-19)33(27,30)31/h2-11,18H,12,14H2,1H3,(H2,27,30,31)/t18-/m0/s1. The van der Waals surface area contributed by atoms with Crippen LogP contribution < -0.4 is 14.8 Å². The molecule has 0 bridgehead atoms. The Morgan fingerprint density at radius 2 is 1.88 bits per heavy atom. The number of ether oxygens (including phenoxy) is 1. The summed E-state index contributed by atoms with van der Waals surface area (Å²) in [5.74, 6) is 0.636. The number of anilines is 1. The van der Waals surface area contributed by atoms with Crippen LogP contribution in [0.2, 0.25) is 5.02 Å². The van der Waals surface area contributed by atoms with Gasteiger partial charge in [0, 0.05) is 24.6 Å². The fourth-order valence-corrected chi connectivity index (χ4v) is 4.60. The largest absolute Gasteiger partial charge is 0.454 e. The molecule has 1 atom stereocenters. The van der Waals surface area contributed by atoms with E-state index < -0.39 is 10.0 Å². The number of sulfonamides is 1. The number of carbonyl (C=O) groups is 1. The summed E-state index contributed by atoms with van der Waals surface area (Å²) in [6, 6.07) is 18.7. The molecule has 1 saturated heterocycles. The lowest BCUT2D eigenvalue weighted by atomic mass is 9.96. The number of nitriles is 1. The number of hydrogen-bond donors (Lipinski definition) is 1. The molecule has 9 heteroatoms. The van der Waals surface area contributed by atoms with E-state index in [2.05, 4.69) is 6.07 Å². The zero-order valence-electron chi connectivity index (χ0n) is 17.7. The van der Waals surface area contributed by atoms with Crippen molar-refractivity contribution < 1.29 is 17.9 Å². The molecular weight excluding hydrogens is 462 g/mol. The van der Waals surface area contributed by atoms with E-state index in [4.69, 9.17) is 21.5 Å². The SMILES string of the molecule is Cc1cccc(Cl)c1Oc1cc([C@H]2CC(=O)N(c3ccc(S(N)(=O)=O)cc3)C2)ccc1C#N. The molecule has 1 aliphatic rings. The molecule has 0 spiro atoms. The second-order valence-electron chi connectivity index (χ2n) is 7.80. The summed E-state index contributed by atoms with van der Waals surface area (Å²) in [6.45, 7) is 2.27. The van der Waals surface area contributed by atoms with E-state index in [9.17, 15) is 18.5 Å². The van der Waals surface area contributed by atoms with Crippen LogP contribution in [0.5, 0.6) is 11.5 Å². The van der Waals surface area contributed by atoms with E-state index in [1.807, 2.05) is 25.1 Å². The van der Waals surface area contributed by atoms with Crippen LogP contribution in [0.15, 0.2) is 65.6 Å². The Morgan fingerprint density at radius 1 is 1.15 bits per heavy atom. The summed E-state index contributed by atoms with van der Waals surface area (Å²) in [4.78, 5) is 14.3. The molecule has 0 unspecified atom stereocenters. The molecule has 0 radical (unpaired) electrons. The molecule has 33 heavy (non-hydrogen) atoms. The van der Waals surface area contributed by atoms with E-state index in [1.165, 1.54) is 12.1 Å². The van der Waals surface area contributed by atoms with Crippen LogP contribution in [0.25, 0.3) is 0 Å². The number of halogens is 1. The summed E-state index contributed by atoms with van der Waals surface area (Å²) in [5.41, 5.74) is 2.64. The number of carbonyl (C=O) groups excluding carboxylic acids is 1. The van der Waals surface area contributed by atoms with Gasteiger partial charge in [-0.05, 0) is 60.5 Å². The Bertz CT molecular complexity index is 1360. The molecule has 0 aliphatic carbocycles. The highest BCUT2D eigenvalue weighted by Crippen LogP contribution is 2.38. The van der Waals surface area contributed by atoms with E-state index in [-0.39, 0.29) is 23.1 Å². The Kier molecular flexibility index (Phi) is 6.13. The molecule has 3 aromatic carbocycles. The first kappa shape index (κ1) is 22.8. The molecule has 168 valence electrons. The summed E-state index contributed by atoms with van der Waals surface area (Å²) >= 11 is 6.28. The van der Waals surface area contributed by atoms with Crippen LogP contribution in [-0.2, 0) is 14.8 Å². The number of benzene rings is 3. The lowest BCUT2D eigenvalue weighted by molar-refractivity contribution is -0.117. The molecule has 0 saturated carbocycles. The van der Waals surface area contributed by atoms with Gasteiger partial charge in [0.15, 0.2) is 0 Å². The number of amides is 1. The zero-order chi connectivity index (χ0) is 23.8. The lowest BCUT2D eigenvalue weighted by Crippen LogP contribution is -2.24. The third kappa shape index (κ3) is 4.71. The van der Waals surface area contributed by atoms with Crippen LogP contribution in [-0.4, -0.2) is 20.9 Å². The minimum absolute atomic E-state index is 0.0156. The minimum Gasteiger partial charge on any atom is -0.454 e. The first-order valence-corrected chi connectivity index (χ1v) is 12.0. The van der Waals surface area contributed by atoms with Gasteiger partial charge in [0.2, 0.25) is 15.9 Å². The number of hydrogen-bond acceptors (Lipinski definition) is 5. The van der Waals surface area contributed by atoms with Crippen molar-refractivity contribution in [1.29, 1.82) is 5.26 Å². The van der Waals surface area contributed by atoms with Crippen molar-refractivity contribution in [2.75, 3.05) is 11.4 Å². The number of rotatable bonds is 5. The summed E-state index contributed by atoms with van der Waals surface area (Å²) in [6.07, 6.45) is 0.271. The predicted octanol–water partition coefficient (Wildman–Crippen LogP) is 4.48. The van der Waals surface area contributed by atoms with Gasteiger partial charge in [-0.25, -0.2) is 13.6 Å². The van der Waals surface area contributed by atoms with Gasteiger partial charge in [0.1, 0.15) is 17.6 Å². The van der Waals surface area contributed by atoms with E-state index in [0.29, 0.717) is 34.3 Å². The van der Waals surface area contributed by atoms with E-state index in [1.54, 1.807) is 35.2 Å². The third-order valence-electron chi connectivity index (χ3n) is 5.58. The van der Waals surface area contributed by atoms with Crippen LogP contribution in [0, 0.1) is 18.3 Å². The Balaban J connectivity index is 1.60. The van der Waals surface area contributed by atoms with Crippen molar-refractivity contribution in [3.63, 3.8) is 0 Å². The van der Waals surface area contributed by atoms with Gasteiger partial charge in [0.05, 0.1) is 15.5 Å². The van der Waals surface area contributed by atoms with Gasteiger partial charge in [-0.3, -0.25) is 4.79 Å². The highest BCUT2D eigenvalue weighted by Gasteiger charge is 2.32. The molecule has 1 aliphatic heterocycles. The maximum Gasteiger partial charge on any atom is 0.238 e. The molecule has 1 amide bonds. The first-order valence-electron chi connectivity index (χ1n) is 10.1. The lowest BCUT2D eigenvalue weighted by Gasteiger charge is -2.18. The maximum absolute atomic E-state index is 12.7. The summed E-state index contributed by atoms with van der Waals surface area (Å²) in [5, 5.41) is 15.1. The van der Waals surface area contributed by atoms with E-state index >= 15 is 0 Å². The highest BCUT2D eigenvalue weighted by molar-refractivity contribution is 7.89. The Labute approximate surface area is 197 Å². The normalized spacial score (nSPS) is 16.0. The molecule has 4 rings (SSSR count). The minimum atomic E-state index is -3.81. The quantitative estimate of drug-likeness (QED) is 0.577. The topological polar surface area (TPSA) is 113 Å². The average Bonchev–Trinajstić information content (AvgIpc) is 3.17. The second kappa shape index (κ2) is 8.87. The second-order valence-corrected chi connectivity index (χ2v) is 9.77. The molecule has 1 heterocycles. The molecule has 0 aromatic heterocycles. The van der Waals surface area contributed by atoms with Crippen LogP contribution >= 0.6 is 11.6 Å². The molecule has 2 N–H and O–H groups in total. The number of aryl methyl sites for hydroxylation is 1. The maximum atomic E-state index is 12.7. The fourth-order valence-electron chi connectivity index (χ4n) is 3.82. The molecule has 3 aromatic rings. The number of para-hydroxylation sites is 1. The summed E-state index contributed by atoms with van der Waals surface area (Å²) < 4.78 is 29.0. The van der Waals surface area contributed by atoms with Gasteiger partial charge >= 0.3 is 0 Å². The zero-order valence-corrected chi connectivity index (χ0v) is 19.2. The molecular formula is C24H20ClN3O4S. The highest BCUT2D eigenvalue weighted by atomic mass is 35.5. The average molecular weight is 482 g/mol. The van der Waals surface area contributed by atoms with Gasteiger partial charge in [-0.15, -0.1) is 0 Å². The third-order valence-corrected chi connectivity index (χ3v) is 6.80. The molecule has 1 fully saturated rings. The predicted molar refractivity (Wildman–Crippen MR) is 125 cm³/mol. The van der Waals surface area contributed by atoms with Gasteiger partial charge in [-0.1, -0.05) is 29.8 Å². The van der Waals surface area contributed by atoms with Crippen molar-refractivity contribution in [2.45, 2.75) is 24.2 Å². The number of primary sulfonamides is 1. The van der Waals surface area contributed by atoms with Crippen molar-refractivity contribution >= 4 is 33.2 Å². The van der Waals surface area contributed by atoms with Crippen molar-refractivity contribution in [1.82, 2.24) is 0 Å². The van der Waals surface area contributed by atoms with Crippen molar-refractivity contribution in [3.8, 4) is 17.6 Å². The number of nitrogens with zero attached hydrogens (tertiary/aromatic N) is 2. The van der Waals surface area contributed by atoms with Gasteiger partial charge < -0.3 is 9.64 Å². The smallest absolute Gasteiger partial charge is 0.238 e. The van der Waals surface area contributed by atoms with Crippen LogP contribution in [0.4, 0.5) is 5.69 Å². The Morgan fingerprint density at radius 3 is 2.52 bits per heavy atom. The van der Waals surface area contributed by atoms with Gasteiger partial charge in [0.25, 0.3) is 0 Å². The summed E-state index contributed by atoms with van der Waals surface area (Å²) in [7, 11) is -3.81. The van der Waals surface area contributed by atoms with Crippen LogP contribution in [0.1, 0.15) is 29.0 Å². The van der Waals surface area contributed by atoms with E-state index in [0.717, 1.165) is 11.1 Å². The Hall–Kier alpha value is -3.38. The fraction of sp³-hybridized carbons (Fsp3) is 0.167. The van der Waals surface area contributed by atoms with Crippen LogP contribution in [0.3, 0.4) is 0 Å². The van der Waals surface area contributed by atoms with Gasteiger partial charge in [-0.2, -0.15) is 5.26 Å². The first-order chi connectivity index (χ1) is 15.7.